The summed E-state index contributed by atoms with van der Waals surface area (Å²) in [6.07, 6.45) is 5.08. The van der Waals surface area contributed by atoms with Crippen LogP contribution in [0.2, 0.25) is 0 Å². The highest BCUT2D eigenvalue weighted by molar-refractivity contribution is 6.00. The SMILES string of the molecule is C=CCOc1cccc2c1cc(C(=O)N1CCC(C(=O)OCC)CC1)n2CC=C(C)C. The number of carbonyl (C=O) groups is 2. The van der Waals surface area contributed by atoms with Crippen molar-refractivity contribution >= 4 is 22.8 Å². The van der Waals surface area contributed by atoms with Gasteiger partial charge in [0.15, 0.2) is 0 Å². The lowest BCUT2D eigenvalue weighted by Gasteiger charge is -2.31. The molecule has 0 atom stereocenters. The van der Waals surface area contributed by atoms with Gasteiger partial charge in [0.2, 0.25) is 0 Å². The van der Waals surface area contributed by atoms with Crippen LogP contribution in [0.1, 0.15) is 44.1 Å². The van der Waals surface area contributed by atoms with Crippen LogP contribution >= 0.6 is 0 Å². The number of fused-ring (bicyclic) bond motifs is 1. The number of carbonyl (C=O) groups excluding carboxylic acids is 2. The molecular formula is C25H32N2O4. The minimum absolute atomic E-state index is 0.0182. The van der Waals surface area contributed by atoms with E-state index in [0.29, 0.717) is 51.4 Å². The van der Waals surface area contributed by atoms with Crippen molar-refractivity contribution in [3.8, 4) is 5.75 Å². The van der Waals surface area contributed by atoms with E-state index in [-0.39, 0.29) is 17.8 Å². The normalized spacial score (nSPS) is 14.4. The molecule has 1 aliphatic heterocycles. The quantitative estimate of drug-likeness (QED) is 0.459. The molecule has 0 bridgehead atoms. The molecule has 2 heterocycles. The zero-order valence-corrected chi connectivity index (χ0v) is 18.7. The van der Waals surface area contributed by atoms with E-state index in [0.717, 1.165) is 16.7 Å². The Hall–Kier alpha value is -3.02. The van der Waals surface area contributed by atoms with Crippen LogP contribution in [0.25, 0.3) is 10.9 Å². The Bertz CT molecular complexity index is 977. The second kappa shape index (κ2) is 10.3. The highest BCUT2D eigenvalue weighted by atomic mass is 16.5. The first-order chi connectivity index (χ1) is 15.0. The molecule has 1 aliphatic rings. The van der Waals surface area contributed by atoms with Crippen molar-refractivity contribution in [3.05, 3.63) is 54.3 Å². The van der Waals surface area contributed by atoms with E-state index in [1.54, 1.807) is 6.08 Å². The van der Waals surface area contributed by atoms with Crippen LogP contribution in [0.5, 0.6) is 5.75 Å². The molecule has 6 heteroatoms. The lowest BCUT2D eigenvalue weighted by molar-refractivity contribution is -0.149. The van der Waals surface area contributed by atoms with E-state index >= 15 is 0 Å². The lowest BCUT2D eigenvalue weighted by Crippen LogP contribution is -2.41. The molecule has 0 radical (unpaired) electrons. The fraction of sp³-hybridized carbons (Fsp3) is 0.440. The molecule has 0 saturated carbocycles. The van der Waals surface area contributed by atoms with Crippen molar-refractivity contribution in [1.82, 2.24) is 9.47 Å². The first kappa shape index (κ1) is 22.7. The Morgan fingerprint density at radius 3 is 2.61 bits per heavy atom. The van der Waals surface area contributed by atoms with Gasteiger partial charge in [-0.25, -0.2) is 0 Å². The van der Waals surface area contributed by atoms with Crippen molar-refractivity contribution in [2.45, 2.75) is 40.2 Å². The molecule has 0 spiro atoms. The predicted octanol–water partition coefficient (Wildman–Crippen LogP) is 4.59. The summed E-state index contributed by atoms with van der Waals surface area (Å²) in [5, 5.41) is 0.913. The number of likely N-dealkylation sites (tertiary alicyclic amines) is 1. The summed E-state index contributed by atoms with van der Waals surface area (Å²) in [7, 11) is 0. The summed E-state index contributed by atoms with van der Waals surface area (Å²) >= 11 is 0. The van der Waals surface area contributed by atoms with Gasteiger partial charge in [0.25, 0.3) is 5.91 Å². The van der Waals surface area contributed by atoms with E-state index in [1.165, 1.54) is 5.57 Å². The minimum atomic E-state index is -0.156. The van der Waals surface area contributed by atoms with E-state index in [9.17, 15) is 9.59 Å². The zero-order chi connectivity index (χ0) is 22.4. The van der Waals surface area contributed by atoms with Crippen LogP contribution in [-0.2, 0) is 16.1 Å². The topological polar surface area (TPSA) is 60.8 Å². The maximum Gasteiger partial charge on any atom is 0.309 e. The maximum absolute atomic E-state index is 13.5. The number of piperidine rings is 1. The molecule has 1 saturated heterocycles. The Morgan fingerprint density at radius 2 is 1.97 bits per heavy atom. The average molecular weight is 425 g/mol. The van der Waals surface area contributed by atoms with E-state index in [2.05, 4.69) is 12.7 Å². The Balaban J connectivity index is 1.90. The first-order valence-electron chi connectivity index (χ1n) is 10.9. The summed E-state index contributed by atoms with van der Waals surface area (Å²) in [5.41, 5.74) is 2.79. The molecule has 0 N–H and O–H groups in total. The highest BCUT2D eigenvalue weighted by Crippen LogP contribution is 2.31. The minimum Gasteiger partial charge on any atom is -0.489 e. The van der Waals surface area contributed by atoms with Crippen LogP contribution in [0.15, 0.2) is 48.6 Å². The number of benzene rings is 1. The Morgan fingerprint density at radius 1 is 1.23 bits per heavy atom. The van der Waals surface area contributed by atoms with Crippen LogP contribution in [-0.4, -0.2) is 47.6 Å². The monoisotopic (exact) mass is 424 g/mol. The highest BCUT2D eigenvalue weighted by Gasteiger charge is 2.30. The summed E-state index contributed by atoms with van der Waals surface area (Å²) < 4.78 is 13.0. The van der Waals surface area contributed by atoms with Crippen LogP contribution in [0, 0.1) is 5.92 Å². The third-order valence-electron chi connectivity index (χ3n) is 5.57. The number of ether oxygens (including phenoxy) is 2. The molecule has 31 heavy (non-hydrogen) atoms. The maximum atomic E-state index is 13.5. The van der Waals surface area contributed by atoms with E-state index in [1.807, 2.05) is 54.5 Å². The average Bonchev–Trinajstić information content (AvgIpc) is 3.15. The summed E-state index contributed by atoms with van der Waals surface area (Å²) in [5.74, 6) is 0.439. The number of esters is 1. The fourth-order valence-electron chi connectivity index (χ4n) is 3.92. The molecule has 166 valence electrons. The second-order valence-electron chi connectivity index (χ2n) is 8.03. The number of rotatable bonds is 8. The molecule has 1 aromatic carbocycles. The van der Waals surface area contributed by atoms with Crippen LogP contribution in [0.3, 0.4) is 0 Å². The van der Waals surface area contributed by atoms with Gasteiger partial charge in [-0.05, 0) is 51.8 Å². The molecule has 1 amide bonds. The van der Waals surface area contributed by atoms with Crippen molar-refractivity contribution in [1.29, 1.82) is 0 Å². The summed E-state index contributed by atoms with van der Waals surface area (Å²) in [6, 6.07) is 7.79. The third-order valence-corrected chi connectivity index (χ3v) is 5.57. The third kappa shape index (κ3) is 5.19. The number of nitrogens with zero attached hydrogens (tertiary/aromatic N) is 2. The van der Waals surface area contributed by atoms with E-state index < -0.39 is 0 Å². The summed E-state index contributed by atoms with van der Waals surface area (Å²) in [4.78, 5) is 27.3. The number of amides is 1. The standard InChI is InChI=1S/C25H32N2O4/c1-5-16-31-23-9-7-8-21-20(23)17-22(27(21)15-10-18(3)4)24(28)26-13-11-19(12-14-26)25(29)30-6-2/h5,7-10,17,19H,1,6,11-16H2,2-4H3. The zero-order valence-electron chi connectivity index (χ0n) is 18.7. The molecule has 6 nitrogen and oxygen atoms in total. The second-order valence-corrected chi connectivity index (χ2v) is 8.03. The fourth-order valence-corrected chi connectivity index (χ4v) is 3.92. The lowest BCUT2D eigenvalue weighted by atomic mass is 9.97. The van der Waals surface area contributed by atoms with Gasteiger partial charge in [0.1, 0.15) is 18.1 Å². The molecule has 0 aliphatic carbocycles. The molecule has 0 unspecified atom stereocenters. The van der Waals surface area contributed by atoms with Gasteiger partial charge in [0, 0.05) is 25.0 Å². The van der Waals surface area contributed by atoms with Gasteiger partial charge in [-0.2, -0.15) is 0 Å². The molecule has 1 aromatic heterocycles. The van der Waals surface area contributed by atoms with Gasteiger partial charge in [-0.1, -0.05) is 30.4 Å². The predicted molar refractivity (Wildman–Crippen MR) is 122 cm³/mol. The van der Waals surface area contributed by atoms with Crippen molar-refractivity contribution in [3.63, 3.8) is 0 Å². The van der Waals surface area contributed by atoms with E-state index in [4.69, 9.17) is 9.47 Å². The van der Waals surface area contributed by atoms with Crippen LogP contribution < -0.4 is 4.74 Å². The van der Waals surface area contributed by atoms with Gasteiger partial charge in [-0.3, -0.25) is 9.59 Å². The van der Waals surface area contributed by atoms with Gasteiger partial charge >= 0.3 is 5.97 Å². The van der Waals surface area contributed by atoms with Crippen molar-refractivity contribution < 1.29 is 19.1 Å². The Labute approximate surface area is 184 Å². The largest absolute Gasteiger partial charge is 0.489 e. The van der Waals surface area contributed by atoms with Crippen molar-refractivity contribution in [2.24, 2.45) is 5.92 Å². The van der Waals surface area contributed by atoms with Crippen molar-refractivity contribution in [2.75, 3.05) is 26.3 Å². The number of hydrogen-bond donors (Lipinski definition) is 0. The van der Waals surface area contributed by atoms with Gasteiger partial charge in [0.05, 0.1) is 18.0 Å². The number of hydrogen-bond acceptors (Lipinski definition) is 4. The van der Waals surface area contributed by atoms with Crippen LogP contribution in [0.4, 0.5) is 0 Å². The van der Waals surface area contributed by atoms with Gasteiger partial charge < -0.3 is 18.9 Å². The number of aromatic nitrogens is 1. The smallest absolute Gasteiger partial charge is 0.309 e. The molecule has 3 rings (SSSR count). The molecule has 2 aromatic rings. The first-order valence-corrected chi connectivity index (χ1v) is 10.9. The molecule has 1 fully saturated rings. The van der Waals surface area contributed by atoms with Gasteiger partial charge in [-0.15, -0.1) is 0 Å². The molecular weight excluding hydrogens is 392 g/mol. The Kier molecular flexibility index (Phi) is 7.55. The summed E-state index contributed by atoms with van der Waals surface area (Å²) in [6.45, 7) is 12.1. The number of allylic oxidation sites excluding steroid dienone is 2.